The highest BCUT2D eigenvalue weighted by Crippen LogP contribution is 2.31. The van der Waals surface area contributed by atoms with E-state index in [-0.39, 0.29) is 18.0 Å². The lowest BCUT2D eigenvalue weighted by molar-refractivity contribution is -0.387. The molecular weight excluding hydrogens is 319 g/mol. The molecule has 2 aromatic carbocycles. The van der Waals surface area contributed by atoms with Crippen molar-refractivity contribution in [2.24, 2.45) is 0 Å². The SMILES string of the molecule is O=C(Cc1ccc2c(c1)OCCO2)Nc1ccc(F)c([N+](=O)[O-])c1. The molecule has 0 unspecified atom stereocenters. The lowest BCUT2D eigenvalue weighted by atomic mass is 10.1. The number of ether oxygens (including phenoxy) is 2. The standard InChI is InChI=1S/C16H13FN2O5/c17-12-3-2-11(9-13(12)19(21)22)18-16(20)8-10-1-4-14-15(7-10)24-6-5-23-14/h1-4,7,9H,5-6,8H2,(H,18,20). The van der Waals surface area contributed by atoms with E-state index in [0.29, 0.717) is 30.3 Å². The van der Waals surface area contributed by atoms with Crippen LogP contribution in [0.2, 0.25) is 0 Å². The zero-order valence-electron chi connectivity index (χ0n) is 12.5. The normalized spacial score (nSPS) is 12.5. The number of nitrogens with one attached hydrogen (secondary N) is 1. The Hall–Kier alpha value is -3.16. The van der Waals surface area contributed by atoms with Crippen LogP contribution >= 0.6 is 0 Å². The van der Waals surface area contributed by atoms with Gasteiger partial charge in [-0.15, -0.1) is 0 Å². The van der Waals surface area contributed by atoms with E-state index in [9.17, 15) is 19.3 Å². The molecule has 3 rings (SSSR count). The van der Waals surface area contributed by atoms with Gasteiger partial charge in [-0.25, -0.2) is 0 Å². The van der Waals surface area contributed by atoms with E-state index in [1.54, 1.807) is 18.2 Å². The van der Waals surface area contributed by atoms with Crippen molar-refractivity contribution in [3.63, 3.8) is 0 Å². The summed E-state index contributed by atoms with van der Waals surface area (Å²) in [7, 11) is 0. The number of nitrogens with zero attached hydrogens (tertiary/aromatic N) is 1. The topological polar surface area (TPSA) is 90.7 Å². The van der Waals surface area contributed by atoms with Crippen LogP contribution in [0.1, 0.15) is 5.56 Å². The number of anilines is 1. The Kier molecular flexibility index (Phi) is 4.28. The van der Waals surface area contributed by atoms with Crippen LogP contribution in [0.25, 0.3) is 0 Å². The summed E-state index contributed by atoms with van der Waals surface area (Å²) >= 11 is 0. The van der Waals surface area contributed by atoms with E-state index in [1.807, 2.05) is 0 Å². The van der Waals surface area contributed by atoms with Crippen molar-refractivity contribution in [1.29, 1.82) is 0 Å². The van der Waals surface area contributed by atoms with Gasteiger partial charge in [0.05, 0.1) is 11.3 Å². The summed E-state index contributed by atoms with van der Waals surface area (Å²) in [6.07, 6.45) is 0.0435. The number of hydrogen-bond donors (Lipinski definition) is 1. The molecule has 0 bridgehead atoms. The number of nitro benzene ring substituents is 1. The highest BCUT2D eigenvalue weighted by Gasteiger charge is 2.16. The zero-order chi connectivity index (χ0) is 17.1. The number of benzene rings is 2. The maximum Gasteiger partial charge on any atom is 0.306 e. The predicted octanol–water partition coefficient (Wildman–Crippen LogP) is 2.69. The molecule has 8 heteroatoms. The summed E-state index contributed by atoms with van der Waals surface area (Å²) < 4.78 is 24.1. The average Bonchev–Trinajstić information content (AvgIpc) is 2.56. The lowest BCUT2D eigenvalue weighted by Crippen LogP contribution is -2.17. The second-order valence-electron chi connectivity index (χ2n) is 5.13. The number of rotatable bonds is 4. The molecule has 0 saturated heterocycles. The van der Waals surface area contributed by atoms with Gasteiger partial charge in [-0.2, -0.15) is 4.39 Å². The first-order valence-electron chi connectivity index (χ1n) is 7.15. The van der Waals surface area contributed by atoms with Crippen LogP contribution in [0, 0.1) is 15.9 Å². The third kappa shape index (κ3) is 3.43. The molecule has 1 aliphatic heterocycles. The summed E-state index contributed by atoms with van der Waals surface area (Å²) in [5, 5.41) is 13.2. The number of halogens is 1. The van der Waals surface area contributed by atoms with E-state index < -0.39 is 16.4 Å². The second kappa shape index (κ2) is 6.53. The number of carbonyl (C=O) groups is 1. The number of fused-ring (bicyclic) bond motifs is 1. The lowest BCUT2D eigenvalue weighted by Gasteiger charge is -2.18. The van der Waals surface area contributed by atoms with Gasteiger partial charge in [0.25, 0.3) is 0 Å². The summed E-state index contributed by atoms with van der Waals surface area (Å²) in [6.45, 7) is 0.929. The van der Waals surface area contributed by atoms with Gasteiger partial charge in [0.2, 0.25) is 11.7 Å². The molecule has 0 spiro atoms. The Morgan fingerprint density at radius 3 is 2.67 bits per heavy atom. The molecule has 0 atom stereocenters. The molecule has 1 aliphatic rings. The van der Waals surface area contributed by atoms with Crippen LogP contribution in [0.3, 0.4) is 0 Å². The smallest absolute Gasteiger partial charge is 0.306 e. The Labute approximate surface area is 136 Å². The van der Waals surface area contributed by atoms with Crippen LogP contribution < -0.4 is 14.8 Å². The Morgan fingerprint density at radius 1 is 1.17 bits per heavy atom. The molecule has 0 radical (unpaired) electrons. The Bertz CT molecular complexity index is 809. The number of nitro groups is 1. The first-order valence-corrected chi connectivity index (χ1v) is 7.15. The van der Waals surface area contributed by atoms with Crippen LogP contribution in [0.5, 0.6) is 11.5 Å². The van der Waals surface area contributed by atoms with Gasteiger partial charge in [-0.05, 0) is 29.8 Å². The van der Waals surface area contributed by atoms with Crippen molar-refractivity contribution in [3.05, 3.63) is 57.9 Å². The quantitative estimate of drug-likeness (QED) is 0.686. The zero-order valence-corrected chi connectivity index (χ0v) is 12.5. The van der Waals surface area contributed by atoms with Gasteiger partial charge in [-0.1, -0.05) is 6.07 Å². The first-order chi connectivity index (χ1) is 11.5. The molecule has 0 aromatic heterocycles. The molecule has 0 aliphatic carbocycles. The van der Waals surface area contributed by atoms with Crippen LogP contribution in [-0.2, 0) is 11.2 Å². The van der Waals surface area contributed by atoms with Crippen LogP contribution in [0.4, 0.5) is 15.8 Å². The maximum absolute atomic E-state index is 13.3. The number of hydrogen-bond acceptors (Lipinski definition) is 5. The third-order valence-corrected chi connectivity index (χ3v) is 3.40. The highest BCUT2D eigenvalue weighted by molar-refractivity contribution is 5.92. The fourth-order valence-electron chi connectivity index (χ4n) is 2.32. The van der Waals surface area contributed by atoms with E-state index in [2.05, 4.69) is 5.32 Å². The highest BCUT2D eigenvalue weighted by atomic mass is 19.1. The van der Waals surface area contributed by atoms with Gasteiger partial charge in [-0.3, -0.25) is 14.9 Å². The number of carbonyl (C=O) groups excluding carboxylic acids is 1. The van der Waals surface area contributed by atoms with E-state index >= 15 is 0 Å². The molecule has 0 fully saturated rings. The third-order valence-electron chi connectivity index (χ3n) is 3.40. The second-order valence-corrected chi connectivity index (χ2v) is 5.13. The Morgan fingerprint density at radius 2 is 1.92 bits per heavy atom. The first kappa shape index (κ1) is 15.7. The summed E-state index contributed by atoms with van der Waals surface area (Å²) in [4.78, 5) is 21.9. The summed E-state index contributed by atoms with van der Waals surface area (Å²) in [6, 6.07) is 8.36. The van der Waals surface area contributed by atoms with E-state index in [4.69, 9.17) is 9.47 Å². The largest absolute Gasteiger partial charge is 0.486 e. The summed E-state index contributed by atoms with van der Waals surface area (Å²) in [5.41, 5.74) is 0.172. The van der Waals surface area contributed by atoms with Crippen molar-refractivity contribution in [1.82, 2.24) is 0 Å². The van der Waals surface area contributed by atoms with Gasteiger partial charge in [0.15, 0.2) is 11.5 Å². The minimum atomic E-state index is -0.954. The molecule has 1 amide bonds. The van der Waals surface area contributed by atoms with Crippen LogP contribution in [-0.4, -0.2) is 24.0 Å². The van der Waals surface area contributed by atoms with Crippen molar-refractivity contribution in [3.8, 4) is 11.5 Å². The molecular formula is C16H13FN2O5. The minimum absolute atomic E-state index is 0.0435. The van der Waals surface area contributed by atoms with Gasteiger partial charge in [0.1, 0.15) is 13.2 Å². The fourth-order valence-corrected chi connectivity index (χ4v) is 2.32. The van der Waals surface area contributed by atoms with Crippen molar-refractivity contribution in [2.75, 3.05) is 18.5 Å². The molecule has 0 saturated carbocycles. The fraction of sp³-hybridized carbons (Fsp3) is 0.188. The molecule has 7 nitrogen and oxygen atoms in total. The van der Waals surface area contributed by atoms with Crippen molar-refractivity contribution < 1.29 is 23.6 Å². The molecule has 124 valence electrons. The number of amides is 1. The molecule has 24 heavy (non-hydrogen) atoms. The predicted molar refractivity (Wildman–Crippen MR) is 82.8 cm³/mol. The maximum atomic E-state index is 13.3. The van der Waals surface area contributed by atoms with Gasteiger partial charge < -0.3 is 14.8 Å². The van der Waals surface area contributed by atoms with Crippen molar-refractivity contribution >= 4 is 17.3 Å². The van der Waals surface area contributed by atoms with Gasteiger partial charge in [0, 0.05) is 11.8 Å². The molecule has 2 aromatic rings. The minimum Gasteiger partial charge on any atom is -0.486 e. The van der Waals surface area contributed by atoms with Crippen molar-refractivity contribution in [2.45, 2.75) is 6.42 Å². The monoisotopic (exact) mass is 332 g/mol. The van der Waals surface area contributed by atoms with E-state index in [1.165, 1.54) is 6.07 Å². The summed E-state index contributed by atoms with van der Waals surface area (Å²) in [5.74, 6) is -0.138. The Balaban J connectivity index is 1.70. The average molecular weight is 332 g/mol. The molecule has 1 N–H and O–H groups in total. The van der Waals surface area contributed by atoms with Gasteiger partial charge >= 0.3 is 5.69 Å². The van der Waals surface area contributed by atoms with E-state index in [0.717, 1.165) is 12.1 Å². The molecule has 1 heterocycles. The van der Waals surface area contributed by atoms with Crippen LogP contribution in [0.15, 0.2) is 36.4 Å².